The van der Waals surface area contributed by atoms with Crippen molar-refractivity contribution in [2.24, 2.45) is 7.05 Å². The number of fused-ring (bicyclic) bond motifs is 1. The average Bonchev–Trinajstić information content (AvgIpc) is 2.95. The smallest absolute Gasteiger partial charge is 0.261 e. The summed E-state index contributed by atoms with van der Waals surface area (Å²) in [6, 6.07) is 1.73. The summed E-state index contributed by atoms with van der Waals surface area (Å²) in [6.45, 7) is 3.88. The summed E-state index contributed by atoms with van der Waals surface area (Å²) in [5.74, 6) is 1.48. The first-order chi connectivity index (χ1) is 11.5. The van der Waals surface area contributed by atoms with Crippen LogP contribution in [0, 0.1) is 6.92 Å². The Kier molecular flexibility index (Phi) is 3.09. The van der Waals surface area contributed by atoms with E-state index in [-0.39, 0.29) is 11.4 Å². The zero-order valence-corrected chi connectivity index (χ0v) is 13.8. The van der Waals surface area contributed by atoms with Crippen LogP contribution in [0.5, 0.6) is 0 Å². The Morgan fingerprint density at radius 1 is 1.38 bits per heavy atom. The van der Waals surface area contributed by atoms with Gasteiger partial charge in [-0.05, 0) is 26.7 Å². The van der Waals surface area contributed by atoms with E-state index in [0.717, 1.165) is 12.8 Å². The summed E-state index contributed by atoms with van der Waals surface area (Å²) in [7, 11) is 1.76. The van der Waals surface area contributed by atoms with Crippen LogP contribution in [-0.2, 0) is 7.05 Å². The highest BCUT2D eigenvalue weighted by molar-refractivity contribution is 6.15. The van der Waals surface area contributed by atoms with E-state index in [1.165, 1.54) is 6.33 Å². The molecule has 3 aromatic heterocycles. The van der Waals surface area contributed by atoms with Gasteiger partial charge in [-0.15, -0.1) is 0 Å². The normalized spacial score (nSPS) is 15.5. The van der Waals surface area contributed by atoms with Gasteiger partial charge in [0.1, 0.15) is 23.7 Å². The molecule has 0 aromatic carbocycles. The minimum Gasteiger partial charge on any atom is -0.442 e. The van der Waals surface area contributed by atoms with E-state index in [1.807, 2.05) is 0 Å². The van der Waals surface area contributed by atoms with Crippen molar-refractivity contribution in [3.63, 3.8) is 0 Å². The second-order valence-corrected chi connectivity index (χ2v) is 6.42. The number of rotatable bonds is 4. The molecule has 0 saturated heterocycles. The van der Waals surface area contributed by atoms with Crippen molar-refractivity contribution in [1.82, 2.24) is 19.7 Å². The summed E-state index contributed by atoms with van der Waals surface area (Å²) < 4.78 is 7.26. The predicted molar refractivity (Wildman–Crippen MR) is 89.0 cm³/mol. The van der Waals surface area contributed by atoms with Crippen molar-refractivity contribution < 1.29 is 9.21 Å². The van der Waals surface area contributed by atoms with E-state index in [2.05, 4.69) is 32.6 Å². The Hall–Kier alpha value is -2.90. The number of nitrogens with one attached hydrogen (secondary N) is 2. The van der Waals surface area contributed by atoms with Gasteiger partial charge in [-0.3, -0.25) is 9.48 Å². The monoisotopic (exact) mass is 326 g/mol. The fourth-order valence-electron chi connectivity index (χ4n) is 2.69. The molecular weight excluding hydrogens is 308 g/mol. The molecule has 1 amide bonds. The van der Waals surface area contributed by atoms with E-state index in [4.69, 9.17) is 4.42 Å². The molecule has 4 rings (SSSR count). The Morgan fingerprint density at radius 3 is 2.83 bits per heavy atom. The predicted octanol–water partition coefficient (Wildman–Crippen LogP) is 2.48. The Morgan fingerprint density at radius 2 is 2.17 bits per heavy atom. The van der Waals surface area contributed by atoms with E-state index < -0.39 is 0 Å². The van der Waals surface area contributed by atoms with E-state index >= 15 is 0 Å². The van der Waals surface area contributed by atoms with Crippen molar-refractivity contribution in [2.75, 3.05) is 10.6 Å². The second-order valence-electron chi connectivity index (χ2n) is 6.42. The highest BCUT2D eigenvalue weighted by atomic mass is 16.3. The van der Waals surface area contributed by atoms with E-state index in [9.17, 15) is 4.79 Å². The quantitative estimate of drug-likeness (QED) is 0.764. The Labute approximate surface area is 138 Å². The number of hydrogen-bond donors (Lipinski definition) is 2. The highest BCUT2D eigenvalue weighted by Gasteiger charge is 2.38. The maximum Gasteiger partial charge on any atom is 0.261 e. The summed E-state index contributed by atoms with van der Waals surface area (Å²) in [6.07, 6.45) is 5.22. The van der Waals surface area contributed by atoms with E-state index in [0.29, 0.717) is 34.1 Å². The molecule has 2 N–H and O–H groups in total. The molecule has 0 bridgehead atoms. The van der Waals surface area contributed by atoms with Gasteiger partial charge in [-0.1, -0.05) is 0 Å². The molecule has 3 aromatic rings. The third-order valence-electron chi connectivity index (χ3n) is 4.37. The Balaban J connectivity index is 1.77. The largest absolute Gasteiger partial charge is 0.442 e. The molecule has 1 aliphatic carbocycles. The lowest BCUT2D eigenvalue weighted by atomic mass is 10.1. The van der Waals surface area contributed by atoms with Gasteiger partial charge >= 0.3 is 0 Å². The fourth-order valence-corrected chi connectivity index (χ4v) is 2.69. The molecule has 0 spiro atoms. The molecule has 0 unspecified atom stereocenters. The standard InChI is InChI=1S/C16H18N6O2/c1-9-11(14(23)20-10-4-7-19-22(10)3)12-13(21-16(2)5-6-16)17-8-18-15(12)24-9/h4,7-8H,5-6H2,1-3H3,(H,20,23)(H,17,18,21). The summed E-state index contributed by atoms with van der Waals surface area (Å²) in [5.41, 5.74) is 0.880. The fraction of sp³-hybridized carbons (Fsp3) is 0.375. The van der Waals surface area contributed by atoms with Crippen LogP contribution in [0.4, 0.5) is 11.6 Å². The molecule has 124 valence electrons. The van der Waals surface area contributed by atoms with Crippen molar-refractivity contribution in [2.45, 2.75) is 32.2 Å². The minimum absolute atomic E-state index is 0.0300. The van der Waals surface area contributed by atoms with Crippen LogP contribution in [0.2, 0.25) is 0 Å². The molecule has 1 fully saturated rings. The van der Waals surface area contributed by atoms with Crippen LogP contribution >= 0.6 is 0 Å². The number of furan rings is 1. The van der Waals surface area contributed by atoms with Gasteiger partial charge in [0.25, 0.3) is 5.91 Å². The van der Waals surface area contributed by atoms with Crippen LogP contribution in [0.15, 0.2) is 23.0 Å². The number of aryl methyl sites for hydroxylation is 2. The zero-order chi connectivity index (χ0) is 16.9. The molecule has 8 nitrogen and oxygen atoms in total. The number of amides is 1. The number of aromatic nitrogens is 4. The van der Waals surface area contributed by atoms with Crippen LogP contribution in [0.3, 0.4) is 0 Å². The highest BCUT2D eigenvalue weighted by Crippen LogP contribution is 2.40. The molecule has 24 heavy (non-hydrogen) atoms. The molecular formula is C16H18N6O2. The number of nitrogens with zero attached hydrogens (tertiary/aromatic N) is 4. The molecule has 1 aliphatic rings. The topological polar surface area (TPSA) is 97.9 Å². The van der Waals surface area contributed by atoms with Gasteiger partial charge in [0.2, 0.25) is 5.71 Å². The van der Waals surface area contributed by atoms with Gasteiger partial charge in [-0.25, -0.2) is 9.97 Å². The molecule has 8 heteroatoms. The average molecular weight is 326 g/mol. The number of hydrogen-bond acceptors (Lipinski definition) is 6. The van der Waals surface area contributed by atoms with Crippen molar-refractivity contribution >= 4 is 28.6 Å². The molecule has 1 saturated carbocycles. The first-order valence-corrected chi connectivity index (χ1v) is 7.78. The Bertz CT molecular complexity index is 937. The number of carbonyl (C=O) groups excluding carboxylic acids is 1. The zero-order valence-electron chi connectivity index (χ0n) is 13.8. The van der Waals surface area contributed by atoms with Crippen molar-refractivity contribution in [3.8, 4) is 0 Å². The first-order valence-electron chi connectivity index (χ1n) is 7.78. The van der Waals surface area contributed by atoms with Crippen LogP contribution < -0.4 is 10.6 Å². The summed E-state index contributed by atoms with van der Waals surface area (Å²) in [5, 5.41) is 10.9. The first kappa shape index (κ1) is 14.7. The third-order valence-corrected chi connectivity index (χ3v) is 4.37. The summed E-state index contributed by atoms with van der Waals surface area (Å²) >= 11 is 0. The lowest BCUT2D eigenvalue weighted by Gasteiger charge is -2.13. The number of anilines is 2. The molecule has 0 aliphatic heterocycles. The second kappa shape index (κ2) is 5.05. The van der Waals surface area contributed by atoms with Crippen LogP contribution in [0.1, 0.15) is 35.9 Å². The molecule has 0 atom stereocenters. The van der Waals surface area contributed by atoms with Crippen molar-refractivity contribution in [1.29, 1.82) is 0 Å². The van der Waals surface area contributed by atoms with Crippen LogP contribution in [-0.4, -0.2) is 31.2 Å². The third kappa shape index (κ3) is 2.40. The van der Waals surface area contributed by atoms with E-state index in [1.54, 1.807) is 30.9 Å². The maximum atomic E-state index is 12.8. The van der Waals surface area contributed by atoms with Gasteiger partial charge in [-0.2, -0.15) is 5.10 Å². The lowest BCUT2D eigenvalue weighted by Crippen LogP contribution is -2.19. The SMILES string of the molecule is Cc1oc2ncnc(NC3(C)CC3)c2c1C(=O)Nc1ccnn1C. The molecule has 3 heterocycles. The maximum absolute atomic E-state index is 12.8. The lowest BCUT2D eigenvalue weighted by molar-refractivity contribution is 0.102. The van der Waals surface area contributed by atoms with Gasteiger partial charge in [0.05, 0.1) is 17.1 Å². The molecule has 0 radical (unpaired) electrons. The number of carbonyl (C=O) groups is 1. The van der Waals surface area contributed by atoms with Gasteiger partial charge in [0, 0.05) is 18.7 Å². The van der Waals surface area contributed by atoms with Crippen molar-refractivity contribution in [3.05, 3.63) is 29.9 Å². The van der Waals surface area contributed by atoms with Crippen LogP contribution in [0.25, 0.3) is 11.1 Å². The summed E-state index contributed by atoms with van der Waals surface area (Å²) in [4.78, 5) is 21.3. The van der Waals surface area contributed by atoms with Gasteiger partial charge in [0.15, 0.2) is 0 Å². The minimum atomic E-state index is -0.270. The van der Waals surface area contributed by atoms with Gasteiger partial charge < -0.3 is 15.1 Å².